The Morgan fingerprint density at radius 1 is 1.29 bits per heavy atom. The number of nitrogens with one attached hydrogen (secondary N) is 2. The van der Waals surface area contributed by atoms with E-state index in [4.69, 9.17) is 19.9 Å². The molecule has 0 bridgehead atoms. The second-order valence-electron chi connectivity index (χ2n) is 4.42. The van der Waals surface area contributed by atoms with Crippen molar-refractivity contribution in [2.24, 2.45) is 10.8 Å². The molecule has 1 aromatic rings. The van der Waals surface area contributed by atoms with E-state index in [0.29, 0.717) is 32.9 Å². The number of nitrogens with zero attached hydrogens (tertiary/aromatic N) is 1. The number of hydrazone groups is 1. The van der Waals surface area contributed by atoms with Crippen molar-refractivity contribution in [1.29, 1.82) is 0 Å². The molecule has 128 valence electrons. The number of amidine groups is 1. The van der Waals surface area contributed by atoms with Crippen molar-refractivity contribution in [1.82, 2.24) is 10.7 Å². The van der Waals surface area contributed by atoms with Gasteiger partial charge in [-0.25, -0.2) is 0 Å². The molecule has 0 aliphatic carbocycles. The molecule has 1 aliphatic rings. The quantitative estimate of drug-likeness (QED) is 0.402. The highest BCUT2D eigenvalue weighted by Crippen LogP contribution is 2.39. The van der Waals surface area contributed by atoms with Gasteiger partial charge in [0.05, 0.1) is 26.2 Å². The van der Waals surface area contributed by atoms with E-state index in [-0.39, 0.29) is 11.0 Å². The number of hydrogen-bond donors (Lipinski definition) is 3. The van der Waals surface area contributed by atoms with Crippen LogP contribution in [0.15, 0.2) is 22.1 Å². The summed E-state index contributed by atoms with van der Waals surface area (Å²) in [5, 5.41) is 6.85. The molecular weight excluding hydrogens is 352 g/mol. The van der Waals surface area contributed by atoms with E-state index in [2.05, 4.69) is 28.1 Å². The van der Waals surface area contributed by atoms with Gasteiger partial charge in [-0.15, -0.1) is 5.10 Å². The minimum atomic E-state index is -0.280. The fourth-order valence-electron chi connectivity index (χ4n) is 1.92. The van der Waals surface area contributed by atoms with E-state index in [1.165, 1.54) is 21.3 Å². The van der Waals surface area contributed by atoms with E-state index in [0.717, 1.165) is 11.8 Å². The first kappa shape index (κ1) is 17.9. The predicted molar refractivity (Wildman–Crippen MR) is 97.2 cm³/mol. The maximum absolute atomic E-state index is 12.0. The molecule has 0 spiro atoms. The Balaban J connectivity index is 2.32. The summed E-state index contributed by atoms with van der Waals surface area (Å²) in [6, 6.07) is 3.48. The topological polar surface area (TPSA) is 107 Å². The van der Waals surface area contributed by atoms with Gasteiger partial charge >= 0.3 is 0 Å². The average Bonchev–Trinajstić information content (AvgIpc) is 2.91. The Morgan fingerprint density at radius 2 is 1.92 bits per heavy atom. The highest BCUT2D eigenvalue weighted by molar-refractivity contribution is 8.18. The number of carbonyl (C=O) groups excluding carboxylic acids is 1. The van der Waals surface area contributed by atoms with Gasteiger partial charge < -0.3 is 19.9 Å². The zero-order valence-corrected chi connectivity index (χ0v) is 14.8. The third-order valence-corrected chi connectivity index (χ3v) is 3.90. The highest BCUT2D eigenvalue weighted by Gasteiger charge is 2.24. The van der Waals surface area contributed by atoms with Crippen LogP contribution in [0.1, 0.15) is 5.56 Å². The van der Waals surface area contributed by atoms with Gasteiger partial charge in [0, 0.05) is 0 Å². The lowest BCUT2D eigenvalue weighted by Crippen LogP contribution is -2.28. The van der Waals surface area contributed by atoms with Crippen LogP contribution in [0.4, 0.5) is 0 Å². The van der Waals surface area contributed by atoms with Gasteiger partial charge in [0.1, 0.15) is 0 Å². The maximum atomic E-state index is 12.0. The standard InChI is InChI=1S/C14H16N4O4S2/c1-20-8-4-7(5-9(21-2)11(8)22-3)6-10-12(19)16-14(24-10)18-17-13(15)23/h4-6H,1-3H3,(H3,15,17,23)(H,16,18,19)/b10-6+. The fraction of sp³-hybridized carbons (Fsp3) is 0.214. The van der Waals surface area contributed by atoms with Gasteiger partial charge in [-0.1, -0.05) is 0 Å². The summed E-state index contributed by atoms with van der Waals surface area (Å²) in [4.78, 5) is 12.5. The summed E-state index contributed by atoms with van der Waals surface area (Å²) in [6.45, 7) is 0. The molecule has 0 unspecified atom stereocenters. The van der Waals surface area contributed by atoms with E-state index in [9.17, 15) is 4.79 Å². The third kappa shape index (κ3) is 4.09. The van der Waals surface area contributed by atoms with E-state index >= 15 is 0 Å². The van der Waals surface area contributed by atoms with Crippen molar-refractivity contribution in [3.63, 3.8) is 0 Å². The molecule has 1 heterocycles. The predicted octanol–water partition coefficient (Wildman–Crippen LogP) is 1.02. The van der Waals surface area contributed by atoms with Crippen molar-refractivity contribution >= 4 is 46.2 Å². The highest BCUT2D eigenvalue weighted by atomic mass is 32.2. The van der Waals surface area contributed by atoms with Crippen LogP contribution in [0.2, 0.25) is 0 Å². The number of thioether (sulfide) groups is 1. The second kappa shape index (κ2) is 7.88. The van der Waals surface area contributed by atoms with Crippen molar-refractivity contribution in [2.45, 2.75) is 0 Å². The van der Waals surface area contributed by atoms with E-state index in [1.807, 2.05) is 0 Å². The number of hydrogen-bond acceptors (Lipinski definition) is 7. The Kier molecular flexibility index (Phi) is 5.88. The average molecular weight is 368 g/mol. The SMILES string of the molecule is COc1cc(/C=C2/S/C(=N/NC(N)=S)NC2=O)cc(OC)c1OC. The van der Waals surface area contributed by atoms with Crippen molar-refractivity contribution < 1.29 is 19.0 Å². The lowest BCUT2D eigenvalue weighted by atomic mass is 10.1. The normalized spacial score (nSPS) is 16.9. The van der Waals surface area contributed by atoms with Crippen LogP contribution in [-0.4, -0.2) is 37.5 Å². The Labute approximate surface area is 148 Å². The third-order valence-electron chi connectivity index (χ3n) is 2.90. The van der Waals surface area contributed by atoms with Crippen LogP contribution in [-0.2, 0) is 4.79 Å². The molecule has 1 aliphatic heterocycles. The van der Waals surface area contributed by atoms with Crippen LogP contribution < -0.4 is 30.7 Å². The molecule has 1 saturated heterocycles. The number of nitrogens with two attached hydrogens (primary N) is 1. The van der Waals surface area contributed by atoms with Crippen molar-refractivity contribution in [2.75, 3.05) is 21.3 Å². The summed E-state index contributed by atoms with van der Waals surface area (Å²) < 4.78 is 15.9. The van der Waals surface area contributed by atoms with Gasteiger partial charge in [-0.05, 0) is 47.8 Å². The number of rotatable bonds is 5. The number of benzene rings is 1. The summed E-state index contributed by atoms with van der Waals surface area (Å²) in [7, 11) is 4.57. The van der Waals surface area contributed by atoms with Crippen LogP contribution in [0.5, 0.6) is 17.2 Å². The van der Waals surface area contributed by atoms with Crippen LogP contribution in [0.3, 0.4) is 0 Å². The molecule has 24 heavy (non-hydrogen) atoms. The second-order valence-corrected chi connectivity index (χ2v) is 5.89. The van der Waals surface area contributed by atoms with E-state index < -0.39 is 0 Å². The number of carbonyl (C=O) groups is 1. The molecule has 1 aromatic carbocycles. The van der Waals surface area contributed by atoms with Crippen LogP contribution >= 0.6 is 24.0 Å². The van der Waals surface area contributed by atoms with Gasteiger partial charge in [-0.2, -0.15) is 0 Å². The summed E-state index contributed by atoms with van der Waals surface area (Å²) in [6.07, 6.45) is 1.69. The smallest absolute Gasteiger partial charge is 0.264 e. The maximum Gasteiger partial charge on any atom is 0.264 e. The van der Waals surface area contributed by atoms with Gasteiger partial charge in [0.25, 0.3) is 5.91 Å². The minimum Gasteiger partial charge on any atom is -0.493 e. The molecular formula is C14H16N4O4S2. The largest absolute Gasteiger partial charge is 0.493 e. The molecule has 1 amide bonds. The summed E-state index contributed by atoms with van der Waals surface area (Å²) in [5.74, 6) is 1.19. The number of methoxy groups -OCH3 is 3. The minimum absolute atomic E-state index is 0.0133. The first-order valence-electron chi connectivity index (χ1n) is 6.62. The van der Waals surface area contributed by atoms with Gasteiger partial charge in [0.15, 0.2) is 21.8 Å². The summed E-state index contributed by atoms with van der Waals surface area (Å²) in [5.41, 5.74) is 8.43. The van der Waals surface area contributed by atoms with Crippen molar-refractivity contribution in [3.05, 3.63) is 22.6 Å². The molecule has 0 saturated carbocycles. The number of amides is 1. The first-order chi connectivity index (χ1) is 11.5. The van der Waals surface area contributed by atoms with Gasteiger partial charge in [0.2, 0.25) is 5.75 Å². The monoisotopic (exact) mass is 368 g/mol. The fourth-order valence-corrected chi connectivity index (χ4v) is 2.75. The molecule has 2 rings (SSSR count). The molecule has 4 N–H and O–H groups in total. The Bertz CT molecular complexity index is 708. The molecule has 1 fully saturated rings. The van der Waals surface area contributed by atoms with Crippen LogP contribution in [0, 0.1) is 0 Å². The zero-order chi connectivity index (χ0) is 17.7. The number of ether oxygens (including phenoxy) is 3. The Hall–Kier alpha value is -2.46. The lowest BCUT2D eigenvalue weighted by Gasteiger charge is -2.12. The van der Waals surface area contributed by atoms with Crippen LogP contribution in [0.25, 0.3) is 6.08 Å². The molecule has 8 nitrogen and oxygen atoms in total. The molecule has 0 atom stereocenters. The van der Waals surface area contributed by atoms with Gasteiger partial charge in [-0.3, -0.25) is 15.5 Å². The Morgan fingerprint density at radius 3 is 2.42 bits per heavy atom. The molecule has 0 aromatic heterocycles. The molecule has 0 radical (unpaired) electrons. The zero-order valence-electron chi connectivity index (χ0n) is 13.2. The first-order valence-corrected chi connectivity index (χ1v) is 7.85. The van der Waals surface area contributed by atoms with E-state index in [1.54, 1.807) is 18.2 Å². The van der Waals surface area contributed by atoms with Crippen molar-refractivity contribution in [3.8, 4) is 17.2 Å². The summed E-state index contributed by atoms with van der Waals surface area (Å²) >= 11 is 5.81. The molecule has 10 heteroatoms. The lowest BCUT2D eigenvalue weighted by molar-refractivity contribution is -0.115. The number of thiocarbonyl (C=S) groups is 1.